The molecule has 3 fully saturated rings. The van der Waals surface area contributed by atoms with Crippen molar-refractivity contribution in [2.75, 3.05) is 0 Å². The lowest BCUT2D eigenvalue weighted by Crippen LogP contribution is -2.51. The minimum absolute atomic E-state index is 0.300. The Bertz CT molecular complexity index is 1240. The number of hydrogen-bond acceptors (Lipinski definition) is 3. The predicted molar refractivity (Wildman–Crippen MR) is 175 cm³/mol. The first-order chi connectivity index (χ1) is 20.2. The van der Waals surface area contributed by atoms with Crippen LogP contribution in [0.4, 0.5) is 0 Å². The molecule has 0 spiro atoms. The number of fused-ring (bicyclic) bond motifs is 5. The van der Waals surface area contributed by atoms with E-state index >= 15 is 0 Å². The Hall–Kier alpha value is -1.46. The Morgan fingerprint density at radius 1 is 1.00 bits per heavy atom. The normalized spacial score (nSPS) is 34.9. The van der Waals surface area contributed by atoms with Gasteiger partial charge in [0.1, 0.15) is 5.69 Å². The largest absolute Gasteiger partial charge is 0.371 e. The van der Waals surface area contributed by atoms with E-state index in [2.05, 4.69) is 91.2 Å². The molecule has 4 nitrogen and oxygen atoms in total. The molecular formula is C37H54BrN3O. The Morgan fingerprint density at radius 3 is 2.60 bits per heavy atom. The van der Waals surface area contributed by atoms with Crippen molar-refractivity contribution in [3.8, 4) is 0 Å². The maximum absolute atomic E-state index is 6.49. The van der Waals surface area contributed by atoms with Crippen LogP contribution in [0.25, 0.3) is 0 Å². The summed E-state index contributed by atoms with van der Waals surface area (Å²) in [6.45, 7) is 14.0. The average Bonchev–Trinajstić information content (AvgIpc) is 3.56. The van der Waals surface area contributed by atoms with Crippen molar-refractivity contribution >= 4 is 15.9 Å². The predicted octanol–water partition coefficient (Wildman–Crippen LogP) is 10.0. The maximum Gasteiger partial charge on any atom is 0.108 e. The fourth-order valence-corrected chi connectivity index (χ4v) is 10.5. The highest BCUT2D eigenvalue weighted by Crippen LogP contribution is 2.67. The van der Waals surface area contributed by atoms with E-state index in [1.165, 1.54) is 69.8 Å². The summed E-state index contributed by atoms with van der Waals surface area (Å²) < 4.78 is 9.50. The van der Waals surface area contributed by atoms with E-state index in [1.54, 1.807) is 5.57 Å². The van der Waals surface area contributed by atoms with Crippen LogP contribution in [-0.4, -0.2) is 21.1 Å². The van der Waals surface area contributed by atoms with E-state index in [0.29, 0.717) is 23.5 Å². The highest BCUT2D eigenvalue weighted by molar-refractivity contribution is 9.10. The molecule has 42 heavy (non-hydrogen) atoms. The highest BCUT2D eigenvalue weighted by atomic mass is 79.9. The van der Waals surface area contributed by atoms with Crippen LogP contribution in [0.2, 0.25) is 0 Å². The average molecular weight is 637 g/mol. The molecule has 0 N–H and O–H groups in total. The van der Waals surface area contributed by atoms with Crippen LogP contribution in [0, 0.1) is 46.3 Å². The molecule has 2 aromatic rings. The molecule has 0 amide bonds. The maximum atomic E-state index is 6.49. The molecule has 4 aliphatic rings. The molecule has 0 saturated heterocycles. The van der Waals surface area contributed by atoms with E-state index < -0.39 is 0 Å². The SMILES string of the molecule is CC(C)CCC[C@@H](C)[C@H]1CC[C@H]2[C@@H]3CC=C4C[C@@H](OCc5cn(Cc6ccc(Br)cc6)nn5)CC[C@]4(C)[C@H]3CC[C@]12C. The third-order valence-corrected chi connectivity index (χ3v) is 13.1. The minimum atomic E-state index is 0.300. The molecule has 4 aliphatic carbocycles. The summed E-state index contributed by atoms with van der Waals surface area (Å²) >= 11 is 3.51. The van der Waals surface area contributed by atoms with Gasteiger partial charge in [0, 0.05) is 4.47 Å². The molecule has 0 aliphatic heterocycles. The zero-order valence-electron chi connectivity index (χ0n) is 26.8. The molecule has 6 rings (SSSR count). The lowest BCUT2D eigenvalue weighted by Gasteiger charge is -2.58. The molecule has 1 heterocycles. The molecule has 0 radical (unpaired) electrons. The second-order valence-electron chi connectivity index (χ2n) is 15.5. The number of rotatable bonds is 10. The standard InChI is InChI=1S/C37H54BrN3O/c1-25(2)7-6-8-26(3)33-15-16-34-32-14-11-28-21-31(17-19-36(28,4)35(32)18-20-37(33,34)5)42-24-30-23-41(40-39-30)22-27-9-12-29(38)13-10-27/h9-13,23,25-26,31-35H,6-8,14-22,24H2,1-5H3/t26-,31+,32+,33-,34+,35+,36+,37-/m1/s1. The Morgan fingerprint density at radius 2 is 1.81 bits per heavy atom. The Labute approximate surface area is 263 Å². The molecule has 0 bridgehead atoms. The van der Waals surface area contributed by atoms with Gasteiger partial charge in [-0.05, 0) is 115 Å². The van der Waals surface area contributed by atoms with Gasteiger partial charge in [0.05, 0.1) is 25.5 Å². The summed E-state index contributed by atoms with van der Waals surface area (Å²) in [7, 11) is 0. The first-order valence-corrected chi connectivity index (χ1v) is 17.9. The van der Waals surface area contributed by atoms with Crippen LogP contribution in [0.15, 0.2) is 46.6 Å². The zero-order valence-corrected chi connectivity index (χ0v) is 28.4. The van der Waals surface area contributed by atoms with Crippen LogP contribution in [0.3, 0.4) is 0 Å². The monoisotopic (exact) mass is 635 g/mol. The summed E-state index contributed by atoms with van der Waals surface area (Å²) in [5.41, 5.74) is 4.80. The number of hydrogen-bond donors (Lipinski definition) is 0. The van der Waals surface area contributed by atoms with Gasteiger partial charge >= 0.3 is 0 Å². The lowest BCUT2D eigenvalue weighted by atomic mass is 9.47. The van der Waals surface area contributed by atoms with Crippen LogP contribution >= 0.6 is 15.9 Å². The van der Waals surface area contributed by atoms with E-state index in [9.17, 15) is 0 Å². The van der Waals surface area contributed by atoms with Gasteiger partial charge in [-0.1, -0.05) is 98.8 Å². The summed E-state index contributed by atoms with van der Waals surface area (Å²) in [6.07, 6.45) is 20.0. The van der Waals surface area contributed by atoms with Crippen LogP contribution in [-0.2, 0) is 17.9 Å². The summed E-state index contributed by atoms with van der Waals surface area (Å²) in [5, 5.41) is 8.76. The van der Waals surface area contributed by atoms with Crippen molar-refractivity contribution in [3.63, 3.8) is 0 Å². The van der Waals surface area contributed by atoms with Crippen LogP contribution < -0.4 is 0 Å². The zero-order chi connectivity index (χ0) is 29.5. The van der Waals surface area contributed by atoms with Gasteiger partial charge in [-0.3, -0.25) is 0 Å². The first-order valence-electron chi connectivity index (χ1n) is 17.1. The molecule has 5 heteroatoms. The number of ether oxygens (including phenoxy) is 1. The van der Waals surface area contributed by atoms with Crippen molar-refractivity contribution in [3.05, 3.63) is 57.8 Å². The van der Waals surface area contributed by atoms with E-state index in [1.807, 2.05) is 10.9 Å². The number of benzene rings is 1. The number of allylic oxidation sites excluding steroid dienone is 1. The molecular weight excluding hydrogens is 582 g/mol. The fraction of sp³-hybridized carbons (Fsp3) is 0.730. The topological polar surface area (TPSA) is 39.9 Å². The van der Waals surface area contributed by atoms with Gasteiger partial charge in [0.15, 0.2) is 0 Å². The molecule has 0 unspecified atom stereocenters. The summed E-state index contributed by atoms with van der Waals surface area (Å²) in [6, 6.07) is 8.39. The Kier molecular flexibility index (Phi) is 9.10. The molecule has 8 atom stereocenters. The summed E-state index contributed by atoms with van der Waals surface area (Å²) in [5.74, 6) is 5.35. The molecule has 1 aromatic carbocycles. The Balaban J connectivity index is 1.05. The minimum Gasteiger partial charge on any atom is -0.371 e. The first kappa shape index (κ1) is 30.6. The summed E-state index contributed by atoms with van der Waals surface area (Å²) in [4.78, 5) is 0. The van der Waals surface area contributed by atoms with Crippen molar-refractivity contribution < 1.29 is 4.74 Å². The van der Waals surface area contributed by atoms with E-state index in [0.717, 1.165) is 58.6 Å². The van der Waals surface area contributed by atoms with Gasteiger partial charge < -0.3 is 4.74 Å². The fourth-order valence-electron chi connectivity index (χ4n) is 10.3. The van der Waals surface area contributed by atoms with Crippen LogP contribution in [0.1, 0.15) is 117 Å². The van der Waals surface area contributed by atoms with E-state index in [4.69, 9.17) is 4.74 Å². The molecule has 230 valence electrons. The number of aromatic nitrogens is 3. The van der Waals surface area contributed by atoms with Gasteiger partial charge in [0.2, 0.25) is 0 Å². The van der Waals surface area contributed by atoms with Gasteiger partial charge in [-0.15, -0.1) is 5.10 Å². The van der Waals surface area contributed by atoms with Crippen molar-refractivity contribution in [1.82, 2.24) is 15.0 Å². The lowest BCUT2D eigenvalue weighted by molar-refractivity contribution is -0.0658. The number of nitrogens with zero attached hydrogens (tertiary/aromatic N) is 3. The van der Waals surface area contributed by atoms with Crippen molar-refractivity contribution in [2.24, 2.45) is 46.3 Å². The van der Waals surface area contributed by atoms with Gasteiger partial charge in [-0.25, -0.2) is 4.68 Å². The van der Waals surface area contributed by atoms with Gasteiger partial charge in [-0.2, -0.15) is 0 Å². The second kappa shape index (κ2) is 12.5. The molecule has 3 saturated carbocycles. The third-order valence-electron chi connectivity index (χ3n) is 12.6. The van der Waals surface area contributed by atoms with Crippen molar-refractivity contribution in [1.29, 1.82) is 0 Å². The molecule has 1 aromatic heterocycles. The third kappa shape index (κ3) is 6.08. The number of halogens is 1. The smallest absolute Gasteiger partial charge is 0.108 e. The van der Waals surface area contributed by atoms with Crippen molar-refractivity contribution in [2.45, 2.75) is 125 Å². The van der Waals surface area contributed by atoms with Crippen LogP contribution in [0.5, 0.6) is 0 Å². The highest BCUT2D eigenvalue weighted by Gasteiger charge is 2.59. The quantitative estimate of drug-likeness (QED) is 0.244. The van der Waals surface area contributed by atoms with Gasteiger partial charge in [0.25, 0.3) is 0 Å². The van der Waals surface area contributed by atoms with E-state index in [-0.39, 0.29) is 0 Å². The second-order valence-corrected chi connectivity index (χ2v) is 16.4.